The fraction of sp³-hybridized carbons (Fsp3) is 0.300. The largest absolute Gasteiger partial charge is 0.484 e. The first-order valence-corrected chi connectivity index (χ1v) is 8.46. The molecule has 2 rings (SSSR count). The highest BCUT2D eigenvalue weighted by Crippen LogP contribution is 2.24. The molecule has 0 saturated carbocycles. The number of hydrogen-bond acceptors (Lipinski definition) is 4. The predicted octanol–water partition coefficient (Wildman–Crippen LogP) is 2.81. The van der Waals surface area contributed by atoms with E-state index in [4.69, 9.17) is 9.47 Å². The Hall–Kier alpha value is -3.02. The van der Waals surface area contributed by atoms with Gasteiger partial charge >= 0.3 is 0 Å². The molecule has 0 aromatic heterocycles. The molecular weight excluding hydrogens is 332 g/mol. The number of ether oxygens (including phenoxy) is 2. The summed E-state index contributed by atoms with van der Waals surface area (Å²) in [6.45, 7) is 5.50. The Balaban J connectivity index is 1.75. The van der Waals surface area contributed by atoms with Crippen LogP contribution in [0.3, 0.4) is 0 Å². The van der Waals surface area contributed by atoms with E-state index in [0.717, 1.165) is 5.75 Å². The van der Waals surface area contributed by atoms with Gasteiger partial charge in [0.15, 0.2) is 6.61 Å². The number of aryl methyl sites for hydroxylation is 1. The molecule has 2 aromatic rings. The van der Waals surface area contributed by atoms with Crippen molar-refractivity contribution < 1.29 is 19.1 Å². The first kappa shape index (κ1) is 19.3. The van der Waals surface area contributed by atoms with E-state index in [-0.39, 0.29) is 31.0 Å². The van der Waals surface area contributed by atoms with Gasteiger partial charge in [0, 0.05) is 6.04 Å². The Bertz CT molecular complexity index is 724. The molecule has 0 aliphatic carbocycles. The van der Waals surface area contributed by atoms with Gasteiger partial charge in [0.2, 0.25) is 5.91 Å². The number of rotatable bonds is 8. The first-order chi connectivity index (χ1) is 12.4. The third-order valence-corrected chi connectivity index (χ3v) is 3.35. The summed E-state index contributed by atoms with van der Waals surface area (Å²) in [6, 6.07) is 14.8. The van der Waals surface area contributed by atoms with Crippen LogP contribution in [0.2, 0.25) is 0 Å². The smallest absolute Gasteiger partial charge is 0.258 e. The van der Waals surface area contributed by atoms with Crippen LogP contribution in [0.15, 0.2) is 48.5 Å². The van der Waals surface area contributed by atoms with Crippen molar-refractivity contribution >= 4 is 11.8 Å². The Morgan fingerprint density at radius 3 is 2.00 bits per heavy atom. The highest BCUT2D eigenvalue weighted by Gasteiger charge is 2.07. The number of carbonyl (C=O) groups is 2. The lowest BCUT2D eigenvalue weighted by Gasteiger charge is -2.10. The third kappa shape index (κ3) is 6.84. The van der Waals surface area contributed by atoms with Crippen molar-refractivity contribution in [2.75, 3.05) is 13.2 Å². The van der Waals surface area contributed by atoms with E-state index in [1.807, 2.05) is 45.0 Å². The molecule has 0 spiro atoms. The Morgan fingerprint density at radius 1 is 0.885 bits per heavy atom. The van der Waals surface area contributed by atoms with E-state index in [1.54, 1.807) is 24.3 Å². The van der Waals surface area contributed by atoms with Crippen LogP contribution in [0, 0.1) is 6.92 Å². The molecule has 0 radical (unpaired) electrons. The summed E-state index contributed by atoms with van der Waals surface area (Å²) in [5.41, 5.74) is 1.17. The van der Waals surface area contributed by atoms with Gasteiger partial charge in [-0.15, -0.1) is 0 Å². The van der Waals surface area contributed by atoms with Gasteiger partial charge in [-0.1, -0.05) is 17.7 Å². The Kier molecular flexibility index (Phi) is 7.02. The van der Waals surface area contributed by atoms with E-state index in [9.17, 15) is 9.59 Å². The lowest BCUT2D eigenvalue weighted by molar-refractivity contribution is -0.127. The molecule has 0 aliphatic rings. The molecular formula is C20H24N2O4. The second kappa shape index (κ2) is 9.46. The number of benzene rings is 2. The minimum absolute atomic E-state index is 0.0382. The molecule has 2 aromatic carbocycles. The van der Waals surface area contributed by atoms with Crippen LogP contribution in [-0.2, 0) is 9.59 Å². The maximum absolute atomic E-state index is 11.7. The molecule has 0 bridgehead atoms. The highest BCUT2D eigenvalue weighted by molar-refractivity contribution is 5.85. The van der Waals surface area contributed by atoms with Crippen LogP contribution in [0.25, 0.3) is 0 Å². The minimum Gasteiger partial charge on any atom is -0.484 e. The zero-order valence-electron chi connectivity index (χ0n) is 15.2. The van der Waals surface area contributed by atoms with Crippen molar-refractivity contribution in [1.82, 2.24) is 10.6 Å². The molecule has 0 unspecified atom stereocenters. The van der Waals surface area contributed by atoms with Crippen LogP contribution < -0.4 is 20.1 Å². The van der Waals surface area contributed by atoms with E-state index in [2.05, 4.69) is 10.6 Å². The van der Waals surface area contributed by atoms with Gasteiger partial charge in [-0.2, -0.15) is 0 Å². The molecule has 138 valence electrons. The number of hydrogen-bond donors (Lipinski definition) is 2. The zero-order chi connectivity index (χ0) is 18.9. The van der Waals surface area contributed by atoms with Gasteiger partial charge in [-0.25, -0.2) is 0 Å². The van der Waals surface area contributed by atoms with Crippen LogP contribution in [-0.4, -0.2) is 31.0 Å². The Morgan fingerprint density at radius 2 is 1.42 bits per heavy atom. The van der Waals surface area contributed by atoms with Gasteiger partial charge in [0.05, 0.1) is 6.54 Å². The number of carbonyl (C=O) groups excluding carboxylic acids is 2. The average Bonchev–Trinajstić information content (AvgIpc) is 2.61. The van der Waals surface area contributed by atoms with Gasteiger partial charge in [-0.05, 0) is 57.2 Å². The second-order valence-electron chi connectivity index (χ2n) is 6.17. The van der Waals surface area contributed by atoms with Crippen LogP contribution in [0.4, 0.5) is 0 Å². The molecule has 0 heterocycles. The molecule has 0 aliphatic heterocycles. The number of amides is 2. The van der Waals surface area contributed by atoms with Crippen LogP contribution in [0.1, 0.15) is 19.4 Å². The highest BCUT2D eigenvalue weighted by atomic mass is 16.5. The molecule has 2 N–H and O–H groups in total. The zero-order valence-corrected chi connectivity index (χ0v) is 15.2. The molecule has 6 nitrogen and oxygen atoms in total. The van der Waals surface area contributed by atoms with Crippen LogP contribution >= 0.6 is 0 Å². The second-order valence-corrected chi connectivity index (χ2v) is 6.17. The Labute approximate surface area is 153 Å². The molecule has 0 saturated heterocycles. The summed E-state index contributed by atoms with van der Waals surface area (Å²) in [4.78, 5) is 23.2. The summed E-state index contributed by atoms with van der Waals surface area (Å²) in [6.07, 6.45) is 0. The molecule has 6 heteroatoms. The lowest BCUT2D eigenvalue weighted by Crippen LogP contribution is -2.41. The molecule has 2 amide bonds. The van der Waals surface area contributed by atoms with E-state index in [1.165, 1.54) is 5.56 Å². The standard InChI is InChI=1S/C20H24N2O4/c1-14(2)22-19(23)12-21-20(24)13-25-16-8-10-18(11-9-16)26-17-6-4-15(3)5-7-17/h4-11,14H,12-13H2,1-3H3,(H,21,24)(H,22,23). The quantitative estimate of drug-likeness (QED) is 0.762. The van der Waals surface area contributed by atoms with E-state index >= 15 is 0 Å². The monoisotopic (exact) mass is 356 g/mol. The summed E-state index contributed by atoms with van der Waals surface area (Å²) in [5, 5.41) is 5.20. The van der Waals surface area contributed by atoms with Crippen molar-refractivity contribution in [2.24, 2.45) is 0 Å². The fourth-order valence-electron chi connectivity index (χ4n) is 2.10. The van der Waals surface area contributed by atoms with Crippen molar-refractivity contribution in [3.63, 3.8) is 0 Å². The summed E-state index contributed by atoms with van der Waals surface area (Å²) in [5.74, 6) is 1.39. The van der Waals surface area contributed by atoms with Crippen molar-refractivity contribution in [2.45, 2.75) is 26.8 Å². The topological polar surface area (TPSA) is 76.7 Å². The van der Waals surface area contributed by atoms with Crippen molar-refractivity contribution in [3.8, 4) is 17.2 Å². The lowest BCUT2D eigenvalue weighted by atomic mass is 10.2. The maximum Gasteiger partial charge on any atom is 0.258 e. The third-order valence-electron chi connectivity index (χ3n) is 3.35. The van der Waals surface area contributed by atoms with Crippen LogP contribution in [0.5, 0.6) is 17.2 Å². The molecule has 0 atom stereocenters. The first-order valence-electron chi connectivity index (χ1n) is 8.46. The average molecular weight is 356 g/mol. The summed E-state index contributed by atoms with van der Waals surface area (Å²) >= 11 is 0. The SMILES string of the molecule is Cc1ccc(Oc2ccc(OCC(=O)NCC(=O)NC(C)C)cc2)cc1. The maximum atomic E-state index is 11.7. The normalized spacial score (nSPS) is 10.3. The van der Waals surface area contributed by atoms with E-state index in [0.29, 0.717) is 11.5 Å². The van der Waals surface area contributed by atoms with Gasteiger partial charge in [0.1, 0.15) is 17.2 Å². The van der Waals surface area contributed by atoms with Gasteiger partial charge in [0.25, 0.3) is 5.91 Å². The fourth-order valence-corrected chi connectivity index (χ4v) is 2.10. The van der Waals surface area contributed by atoms with Crippen molar-refractivity contribution in [1.29, 1.82) is 0 Å². The predicted molar refractivity (Wildman–Crippen MR) is 99.5 cm³/mol. The number of nitrogens with one attached hydrogen (secondary N) is 2. The van der Waals surface area contributed by atoms with E-state index < -0.39 is 0 Å². The summed E-state index contributed by atoms with van der Waals surface area (Å²) in [7, 11) is 0. The van der Waals surface area contributed by atoms with Gasteiger partial charge in [-0.3, -0.25) is 9.59 Å². The minimum atomic E-state index is -0.358. The van der Waals surface area contributed by atoms with Gasteiger partial charge < -0.3 is 20.1 Å². The molecule has 0 fully saturated rings. The molecule has 26 heavy (non-hydrogen) atoms. The summed E-state index contributed by atoms with van der Waals surface area (Å²) < 4.78 is 11.1. The van der Waals surface area contributed by atoms with Crippen molar-refractivity contribution in [3.05, 3.63) is 54.1 Å².